The van der Waals surface area contributed by atoms with Gasteiger partial charge < -0.3 is 10.1 Å². The molecule has 1 unspecified atom stereocenters. The van der Waals surface area contributed by atoms with Crippen molar-refractivity contribution in [3.63, 3.8) is 0 Å². The Balaban J connectivity index is 1.34. The Morgan fingerprint density at radius 1 is 0.900 bits per heavy atom. The molecule has 30 heavy (non-hydrogen) atoms. The van der Waals surface area contributed by atoms with Gasteiger partial charge in [0, 0.05) is 18.0 Å². The SMILES string of the molecule is C=CC(CCNC(=O)c1ccccc1)COCCc1ccc(-c2ccccc2)cc1. The van der Waals surface area contributed by atoms with Crippen LogP contribution in [0.2, 0.25) is 0 Å². The van der Waals surface area contributed by atoms with Crippen LogP contribution in [0.15, 0.2) is 97.6 Å². The van der Waals surface area contributed by atoms with Gasteiger partial charge in [-0.25, -0.2) is 0 Å². The zero-order valence-electron chi connectivity index (χ0n) is 17.3. The first-order valence-electron chi connectivity index (χ1n) is 10.4. The van der Waals surface area contributed by atoms with Gasteiger partial charge >= 0.3 is 0 Å². The highest BCUT2D eigenvalue weighted by molar-refractivity contribution is 5.94. The number of benzene rings is 3. The molecular weight excluding hydrogens is 370 g/mol. The third-order valence-corrected chi connectivity index (χ3v) is 5.10. The number of ether oxygens (including phenoxy) is 1. The third-order valence-electron chi connectivity index (χ3n) is 5.10. The molecule has 3 aromatic carbocycles. The van der Waals surface area contributed by atoms with Gasteiger partial charge in [0.2, 0.25) is 0 Å². The van der Waals surface area contributed by atoms with Crippen molar-refractivity contribution in [1.29, 1.82) is 0 Å². The van der Waals surface area contributed by atoms with E-state index in [4.69, 9.17) is 4.74 Å². The molecule has 0 saturated heterocycles. The molecular formula is C27H29NO2. The Bertz CT molecular complexity index is 905. The predicted molar refractivity (Wildman–Crippen MR) is 123 cm³/mol. The minimum atomic E-state index is -0.0433. The number of hydrogen-bond donors (Lipinski definition) is 1. The summed E-state index contributed by atoms with van der Waals surface area (Å²) >= 11 is 0. The number of nitrogens with one attached hydrogen (secondary N) is 1. The van der Waals surface area contributed by atoms with Crippen LogP contribution < -0.4 is 5.32 Å². The quantitative estimate of drug-likeness (QED) is 0.340. The second kappa shape index (κ2) is 11.7. The molecule has 154 valence electrons. The molecule has 0 aromatic heterocycles. The standard InChI is InChI=1S/C27H29NO2/c1-2-22(17-19-28-27(29)26-11-7-4-8-12-26)21-30-20-18-23-13-15-25(16-14-23)24-9-5-3-6-10-24/h2-16,22H,1,17-21H2,(H,28,29). The molecule has 0 aliphatic carbocycles. The van der Waals surface area contributed by atoms with Crippen LogP contribution in [0.3, 0.4) is 0 Å². The predicted octanol–water partition coefficient (Wildman–Crippen LogP) is 5.54. The van der Waals surface area contributed by atoms with Crippen molar-refractivity contribution < 1.29 is 9.53 Å². The summed E-state index contributed by atoms with van der Waals surface area (Å²) in [6.45, 7) is 5.80. The van der Waals surface area contributed by atoms with Gasteiger partial charge in [0.15, 0.2) is 0 Å². The average molecular weight is 400 g/mol. The molecule has 0 spiro atoms. The monoisotopic (exact) mass is 399 g/mol. The van der Waals surface area contributed by atoms with E-state index < -0.39 is 0 Å². The van der Waals surface area contributed by atoms with Crippen LogP contribution in [0.25, 0.3) is 11.1 Å². The van der Waals surface area contributed by atoms with Crippen molar-refractivity contribution in [2.24, 2.45) is 5.92 Å². The molecule has 0 radical (unpaired) electrons. The lowest BCUT2D eigenvalue weighted by Gasteiger charge is -2.14. The average Bonchev–Trinajstić information content (AvgIpc) is 2.82. The van der Waals surface area contributed by atoms with Crippen LogP contribution >= 0.6 is 0 Å². The highest BCUT2D eigenvalue weighted by Gasteiger charge is 2.08. The fourth-order valence-corrected chi connectivity index (χ4v) is 3.25. The van der Waals surface area contributed by atoms with E-state index in [0.29, 0.717) is 25.3 Å². The van der Waals surface area contributed by atoms with Crippen LogP contribution in [-0.2, 0) is 11.2 Å². The minimum Gasteiger partial charge on any atom is -0.380 e. The molecule has 3 aromatic rings. The molecule has 3 heteroatoms. The molecule has 0 fully saturated rings. The second-order valence-corrected chi connectivity index (χ2v) is 7.29. The summed E-state index contributed by atoms with van der Waals surface area (Å²) < 4.78 is 5.86. The van der Waals surface area contributed by atoms with E-state index in [-0.39, 0.29) is 11.8 Å². The summed E-state index contributed by atoms with van der Waals surface area (Å²) in [5, 5.41) is 2.96. The summed E-state index contributed by atoms with van der Waals surface area (Å²) in [4.78, 5) is 12.1. The normalized spacial score (nSPS) is 11.6. The van der Waals surface area contributed by atoms with Crippen molar-refractivity contribution in [1.82, 2.24) is 5.32 Å². The third kappa shape index (κ3) is 6.71. The van der Waals surface area contributed by atoms with Gasteiger partial charge in [0.25, 0.3) is 5.91 Å². The summed E-state index contributed by atoms with van der Waals surface area (Å²) in [7, 11) is 0. The van der Waals surface area contributed by atoms with Crippen LogP contribution in [0.5, 0.6) is 0 Å². The Kier molecular flexibility index (Phi) is 8.43. The van der Waals surface area contributed by atoms with Crippen molar-refractivity contribution in [3.8, 4) is 11.1 Å². The molecule has 0 bridgehead atoms. The Morgan fingerprint density at radius 3 is 2.20 bits per heavy atom. The molecule has 1 N–H and O–H groups in total. The molecule has 0 aliphatic rings. The van der Waals surface area contributed by atoms with Gasteiger partial charge in [-0.3, -0.25) is 4.79 Å². The van der Waals surface area contributed by atoms with Gasteiger partial charge in [-0.05, 0) is 41.7 Å². The van der Waals surface area contributed by atoms with Crippen LogP contribution in [-0.4, -0.2) is 25.7 Å². The largest absolute Gasteiger partial charge is 0.380 e. The van der Waals surface area contributed by atoms with Crippen molar-refractivity contribution in [2.75, 3.05) is 19.8 Å². The first-order chi connectivity index (χ1) is 14.8. The molecule has 1 amide bonds. The lowest BCUT2D eigenvalue weighted by Crippen LogP contribution is -2.26. The number of carbonyl (C=O) groups excluding carboxylic acids is 1. The molecule has 3 nitrogen and oxygen atoms in total. The second-order valence-electron chi connectivity index (χ2n) is 7.29. The lowest BCUT2D eigenvalue weighted by atomic mass is 10.0. The maximum atomic E-state index is 12.1. The number of rotatable bonds is 11. The lowest BCUT2D eigenvalue weighted by molar-refractivity contribution is 0.0938. The molecule has 0 aliphatic heterocycles. The van der Waals surface area contributed by atoms with Crippen LogP contribution in [0, 0.1) is 5.92 Å². The molecule has 1 atom stereocenters. The first-order valence-corrected chi connectivity index (χ1v) is 10.4. The van der Waals surface area contributed by atoms with E-state index in [1.165, 1.54) is 16.7 Å². The smallest absolute Gasteiger partial charge is 0.251 e. The zero-order valence-corrected chi connectivity index (χ0v) is 17.3. The number of amides is 1. The maximum Gasteiger partial charge on any atom is 0.251 e. The fourth-order valence-electron chi connectivity index (χ4n) is 3.25. The summed E-state index contributed by atoms with van der Waals surface area (Å²) in [5.41, 5.74) is 4.40. The van der Waals surface area contributed by atoms with Crippen LogP contribution in [0.1, 0.15) is 22.3 Å². The van der Waals surface area contributed by atoms with Gasteiger partial charge in [-0.1, -0.05) is 78.9 Å². The molecule has 0 heterocycles. The van der Waals surface area contributed by atoms with Gasteiger partial charge in [-0.2, -0.15) is 0 Å². The summed E-state index contributed by atoms with van der Waals surface area (Å²) in [6.07, 6.45) is 3.60. The van der Waals surface area contributed by atoms with E-state index in [0.717, 1.165) is 12.8 Å². The Hall–Kier alpha value is -3.17. The molecule has 3 rings (SSSR count). The Labute approximate surface area is 179 Å². The highest BCUT2D eigenvalue weighted by Crippen LogP contribution is 2.19. The van der Waals surface area contributed by atoms with E-state index in [1.807, 2.05) is 42.5 Å². The Morgan fingerprint density at radius 2 is 1.53 bits per heavy atom. The minimum absolute atomic E-state index is 0.0433. The van der Waals surface area contributed by atoms with E-state index in [2.05, 4.69) is 60.4 Å². The van der Waals surface area contributed by atoms with Crippen molar-refractivity contribution in [2.45, 2.75) is 12.8 Å². The number of hydrogen-bond acceptors (Lipinski definition) is 2. The van der Waals surface area contributed by atoms with Crippen LogP contribution in [0.4, 0.5) is 0 Å². The van der Waals surface area contributed by atoms with Crippen molar-refractivity contribution in [3.05, 3.63) is 109 Å². The fraction of sp³-hybridized carbons (Fsp3) is 0.222. The molecule has 0 saturated carbocycles. The van der Waals surface area contributed by atoms with Gasteiger partial charge in [0.05, 0.1) is 13.2 Å². The summed E-state index contributed by atoms with van der Waals surface area (Å²) in [6, 6.07) is 28.3. The number of carbonyl (C=O) groups is 1. The van der Waals surface area contributed by atoms with E-state index >= 15 is 0 Å². The van der Waals surface area contributed by atoms with Crippen molar-refractivity contribution >= 4 is 5.91 Å². The summed E-state index contributed by atoms with van der Waals surface area (Å²) in [5.74, 6) is 0.180. The topological polar surface area (TPSA) is 38.3 Å². The van der Waals surface area contributed by atoms with E-state index in [9.17, 15) is 4.79 Å². The zero-order chi connectivity index (χ0) is 21.0. The van der Waals surface area contributed by atoms with E-state index in [1.54, 1.807) is 0 Å². The highest BCUT2D eigenvalue weighted by atomic mass is 16.5. The first kappa shape index (κ1) is 21.5. The van der Waals surface area contributed by atoms with Gasteiger partial charge in [-0.15, -0.1) is 6.58 Å². The van der Waals surface area contributed by atoms with Gasteiger partial charge in [0.1, 0.15) is 0 Å². The maximum absolute atomic E-state index is 12.1.